The van der Waals surface area contributed by atoms with E-state index in [1.807, 2.05) is 19.1 Å². The number of ether oxygens (including phenoxy) is 1. The fourth-order valence-electron chi connectivity index (χ4n) is 1.75. The third-order valence-corrected chi connectivity index (χ3v) is 2.53. The summed E-state index contributed by atoms with van der Waals surface area (Å²) < 4.78 is 5.64. The molecule has 0 spiro atoms. The topological polar surface area (TPSA) is 61.0 Å². The van der Waals surface area contributed by atoms with Gasteiger partial charge in [-0.3, -0.25) is 0 Å². The molecule has 1 aromatic carbocycles. The highest BCUT2D eigenvalue weighted by molar-refractivity contribution is 5.33. The molecule has 0 fully saturated rings. The first-order chi connectivity index (χ1) is 8.67. The van der Waals surface area contributed by atoms with E-state index in [9.17, 15) is 0 Å². The summed E-state index contributed by atoms with van der Waals surface area (Å²) in [4.78, 5) is 8.03. The molecular weight excluding hydrogens is 226 g/mol. The molecule has 94 valence electrons. The van der Waals surface area contributed by atoms with Crippen LogP contribution in [0.1, 0.15) is 24.6 Å². The van der Waals surface area contributed by atoms with Gasteiger partial charge in [0.1, 0.15) is 5.75 Å². The average Bonchev–Trinajstić information content (AvgIpc) is 2.31. The Kier molecular flexibility index (Phi) is 3.77. The molecule has 0 bridgehead atoms. The smallest absolute Gasteiger partial charge is 0.224 e. The second kappa shape index (κ2) is 5.49. The summed E-state index contributed by atoms with van der Waals surface area (Å²) in [6.07, 6.45) is 2.22. The maximum atomic E-state index is 5.64. The molecule has 1 heterocycles. The maximum absolute atomic E-state index is 5.64. The molecule has 2 N–H and O–H groups in total. The summed E-state index contributed by atoms with van der Waals surface area (Å²) in [5.41, 5.74) is 7.67. The molecule has 0 radical (unpaired) electrons. The van der Waals surface area contributed by atoms with Crippen LogP contribution in [0.2, 0.25) is 0 Å². The van der Waals surface area contributed by atoms with Crippen molar-refractivity contribution in [2.24, 2.45) is 0 Å². The number of nitrogens with zero attached hydrogens (tertiary/aromatic N) is 2. The lowest BCUT2D eigenvalue weighted by Crippen LogP contribution is -1.98. The van der Waals surface area contributed by atoms with E-state index < -0.39 is 0 Å². The van der Waals surface area contributed by atoms with Crippen LogP contribution in [0.3, 0.4) is 0 Å². The fraction of sp³-hybridized carbons (Fsp3) is 0.286. The number of nitrogen functional groups attached to an aromatic ring is 1. The molecule has 4 nitrogen and oxygen atoms in total. The number of benzene rings is 1. The number of aromatic nitrogens is 2. The van der Waals surface area contributed by atoms with E-state index in [2.05, 4.69) is 29.0 Å². The van der Waals surface area contributed by atoms with Crippen LogP contribution >= 0.6 is 0 Å². The number of hydrogen-bond acceptors (Lipinski definition) is 4. The minimum Gasteiger partial charge on any atom is -0.439 e. The first kappa shape index (κ1) is 12.4. The summed E-state index contributed by atoms with van der Waals surface area (Å²) in [7, 11) is 0. The molecule has 0 saturated heterocycles. The predicted molar refractivity (Wildman–Crippen MR) is 71.7 cm³/mol. The van der Waals surface area contributed by atoms with Gasteiger partial charge in [0.05, 0.1) is 0 Å². The van der Waals surface area contributed by atoms with Crippen LogP contribution in [0.15, 0.2) is 30.3 Å². The minimum absolute atomic E-state index is 0.229. The third-order valence-electron chi connectivity index (χ3n) is 2.53. The summed E-state index contributed by atoms with van der Waals surface area (Å²) in [5, 5.41) is 0. The lowest BCUT2D eigenvalue weighted by molar-refractivity contribution is 0.461. The SMILES string of the molecule is CCCc1ccc(Oc2cc(C)nc(N)n2)cc1. The first-order valence-electron chi connectivity index (χ1n) is 6.05. The Hall–Kier alpha value is -2.10. The molecule has 2 aromatic rings. The molecule has 4 heteroatoms. The van der Waals surface area contributed by atoms with Gasteiger partial charge < -0.3 is 10.5 Å². The van der Waals surface area contributed by atoms with Crippen LogP contribution in [0.5, 0.6) is 11.6 Å². The zero-order valence-electron chi connectivity index (χ0n) is 10.7. The molecule has 0 aliphatic carbocycles. The van der Waals surface area contributed by atoms with Gasteiger partial charge in [0.2, 0.25) is 11.8 Å². The number of anilines is 1. The van der Waals surface area contributed by atoms with Gasteiger partial charge in [0.25, 0.3) is 0 Å². The van der Waals surface area contributed by atoms with Crippen LogP contribution in [0, 0.1) is 6.92 Å². The monoisotopic (exact) mass is 243 g/mol. The second-order valence-corrected chi connectivity index (χ2v) is 4.20. The van der Waals surface area contributed by atoms with Crippen molar-refractivity contribution in [3.8, 4) is 11.6 Å². The van der Waals surface area contributed by atoms with E-state index in [-0.39, 0.29) is 5.95 Å². The Morgan fingerprint density at radius 3 is 2.50 bits per heavy atom. The van der Waals surface area contributed by atoms with Crippen LogP contribution in [-0.4, -0.2) is 9.97 Å². The van der Waals surface area contributed by atoms with Gasteiger partial charge in [-0.05, 0) is 31.0 Å². The van der Waals surface area contributed by atoms with Gasteiger partial charge in [0, 0.05) is 11.8 Å². The van der Waals surface area contributed by atoms with Crippen molar-refractivity contribution in [2.75, 3.05) is 5.73 Å². The van der Waals surface area contributed by atoms with E-state index in [1.54, 1.807) is 6.07 Å². The lowest BCUT2D eigenvalue weighted by Gasteiger charge is -2.06. The number of rotatable bonds is 4. The lowest BCUT2D eigenvalue weighted by atomic mass is 10.1. The van der Waals surface area contributed by atoms with E-state index in [4.69, 9.17) is 10.5 Å². The first-order valence-corrected chi connectivity index (χ1v) is 6.05. The highest BCUT2D eigenvalue weighted by Gasteiger charge is 2.02. The van der Waals surface area contributed by atoms with E-state index >= 15 is 0 Å². The predicted octanol–water partition coefficient (Wildman–Crippen LogP) is 3.11. The number of hydrogen-bond donors (Lipinski definition) is 1. The van der Waals surface area contributed by atoms with Crippen LogP contribution in [-0.2, 0) is 6.42 Å². The molecule has 0 aliphatic rings. The quantitative estimate of drug-likeness (QED) is 0.896. The summed E-state index contributed by atoms with van der Waals surface area (Å²) in [6.45, 7) is 4.02. The Bertz CT molecular complexity index is 503. The zero-order chi connectivity index (χ0) is 13.0. The third kappa shape index (κ3) is 3.20. The Morgan fingerprint density at radius 1 is 1.17 bits per heavy atom. The molecular formula is C14H17N3O. The largest absolute Gasteiger partial charge is 0.439 e. The second-order valence-electron chi connectivity index (χ2n) is 4.20. The standard InChI is InChI=1S/C14H17N3O/c1-3-4-11-5-7-12(8-6-11)18-13-9-10(2)16-14(15)17-13/h5-9H,3-4H2,1-2H3,(H2,15,16,17). The van der Waals surface area contributed by atoms with Crippen LogP contribution in [0.4, 0.5) is 5.95 Å². The van der Waals surface area contributed by atoms with Crippen molar-refractivity contribution in [3.63, 3.8) is 0 Å². The van der Waals surface area contributed by atoms with Crippen LogP contribution in [0.25, 0.3) is 0 Å². The minimum atomic E-state index is 0.229. The molecule has 0 saturated carbocycles. The molecule has 2 rings (SSSR count). The summed E-state index contributed by atoms with van der Waals surface area (Å²) in [5.74, 6) is 1.46. The van der Waals surface area contributed by atoms with Gasteiger partial charge in [0.15, 0.2) is 0 Å². The van der Waals surface area contributed by atoms with Gasteiger partial charge in [-0.1, -0.05) is 25.5 Å². The van der Waals surface area contributed by atoms with Gasteiger partial charge in [-0.2, -0.15) is 4.98 Å². The molecule has 0 amide bonds. The molecule has 1 aromatic heterocycles. The van der Waals surface area contributed by atoms with Crippen molar-refractivity contribution in [3.05, 3.63) is 41.6 Å². The van der Waals surface area contributed by atoms with Gasteiger partial charge in [-0.25, -0.2) is 4.98 Å². The van der Waals surface area contributed by atoms with Gasteiger partial charge in [-0.15, -0.1) is 0 Å². The van der Waals surface area contributed by atoms with E-state index in [0.717, 1.165) is 24.3 Å². The van der Waals surface area contributed by atoms with Crippen molar-refractivity contribution >= 4 is 5.95 Å². The molecule has 0 unspecified atom stereocenters. The van der Waals surface area contributed by atoms with Crippen molar-refractivity contribution < 1.29 is 4.74 Å². The highest BCUT2D eigenvalue weighted by atomic mass is 16.5. The van der Waals surface area contributed by atoms with Crippen LogP contribution < -0.4 is 10.5 Å². The van der Waals surface area contributed by atoms with Gasteiger partial charge >= 0.3 is 0 Å². The zero-order valence-corrected chi connectivity index (χ0v) is 10.7. The Labute approximate surface area is 107 Å². The maximum Gasteiger partial charge on any atom is 0.224 e. The Balaban J connectivity index is 2.13. The van der Waals surface area contributed by atoms with Crippen molar-refractivity contribution in [1.82, 2.24) is 9.97 Å². The molecule has 18 heavy (non-hydrogen) atoms. The number of nitrogens with two attached hydrogens (primary N) is 1. The normalized spacial score (nSPS) is 10.3. The summed E-state index contributed by atoms with van der Waals surface area (Å²) >= 11 is 0. The molecule has 0 aliphatic heterocycles. The average molecular weight is 243 g/mol. The van der Waals surface area contributed by atoms with Crippen molar-refractivity contribution in [2.45, 2.75) is 26.7 Å². The van der Waals surface area contributed by atoms with Crippen molar-refractivity contribution in [1.29, 1.82) is 0 Å². The summed E-state index contributed by atoms with van der Waals surface area (Å²) in [6, 6.07) is 9.78. The van der Waals surface area contributed by atoms with E-state index in [1.165, 1.54) is 5.56 Å². The highest BCUT2D eigenvalue weighted by Crippen LogP contribution is 2.21. The molecule has 0 atom stereocenters. The fourth-order valence-corrected chi connectivity index (χ4v) is 1.75. The van der Waals surface area contributed by atoms with E-state index in [0.29, 0.717) is 5.88 Å². The number of aryl methyl sites for hydroxylation is 2. The Morgan fingerprint density at radius 2 is 1.89 bits per heavy atom.